The molecule has 1 aromatic heterocycles. The van der Waals surface area contributed by atoms with Crippen LogP contribution in [0, 0.1) is 0 Å². The van der Waals surface area contributed by atoms with Gasteiger partial charge in [0.05, 0.1) is 0 Å². The predicted octanol–water partition coefficient (Wildman–Crippen LogP) is 1.68. The number of H-pyrrole nitrogens is 1. The number of carbonyl (C=O) groups is 1. The highest BCUT2D eigenvalue weighted by Crippen LogP contribution is 2.14. The Labute approximate surface area is 95.1 Å². The van der Waals surface area contributed by atoms with E-state index in [9.17, 15) is 9.59 Å². The van der Waals surface area contributed by atoms with Gasteiger partial charge in [0.1, 0.15) is 0 Å². The lowest BCUT2D eigenvalue weighted by Gasteiger charge is -2.28. The Morgan fingerprint density at radius 1 is 1.44 bits per heavy atom. The standard InChI is InChI=1S/C12H18N2O2/c1-4-12(3,5-2)14-11(16)9-6-7-13-10(15)8-9/h6-8H,4-5H2,1-3H3,(H,13,15)(H,14,16). The van der Waals surface area contributed by atoms with Crippen molar-refractivity contribution < 1.29 is 4.79 Å². The molecule has 16 heavy (non-hydrogen) atoms. The zero-order valence-electron chi connectivity index (χ0n) is 9.96. The summed E-state index contributed by atoms with van der Waals surface area (Å²) in [5.41, 5.74) is -0.0705. The third-order valence-corrected chi connectivity index (χ3v) is 3.01. The fourth-order valence-corrected chi connectivity index (χ4v) is 1.36. The van der Waals surface area contributed by atoms with Gasteiger partial charge in [-0.2, -0.15) is 0 Å². The van der Waals surface area contributed by atoms with Gasteiger partial charge < -0.3 is 10.3 Å². The first kappa shape index (κ1) is 12.5. The summed E-state index contributed by atoms with van der Waals surface area (Å²) in [6.07, 6.45) is 3.20. The van der Waals surface area contributed by atoms with E-state index >= 15 is 0 Å². The van der Waals surface area contributed by atoms with E-state index in [1.54, 1.807) is 6.07 Å². The molecule has 2 N–H and O–H groups in total. The van der Waals surface area contributed by atoms with Crippen molar-refractivity contribution in [1.82, 2.24) is 10.3 Å². The van der Waals surface area contributed by atoms with Crippen molar-refractivity contribution in [3.8, 4) is 0 Å². The van der Waals surface area contributed by atoms with Crippen LogP contribution in [0.1, 0.15) is 44.0 Å². The van der Waals surface area contributed by atoms with E-state index in [0.29, 0.717) is 5.56 Å². The molecule has 1 amide bonds. The first-order chi connectivity index (χ1) is 7.50. The smallest absolute Gasteiger partial charge is 0.251 e. The fraction of sp³-hybridized carbons (Fsp3) is 0.500. The summed E-state index contributed by atoms with van der Waals surface area (Å²) >= 11 is 0. The normalized spacial score (nSPS) is 11.2. The van der Waals surface area contributed by atoms with Gasteiger partial charge in [-0.05, 0) is 25.8 Å². The predicted molar refractivity (Wildman–Crippen MR) is 63.5 cm³/mol. The number of carbonyl (C=O) groups excluding carboxylic acids is 1. The van der Waals surface area contributed by atoms with Crippen molar-refractivity contribution in [3.63, 3.8) is 0 Å². The van der Waals surface area contributed by atoms with Crippen LogP contribution in [0.3, 0.4) is 0 Å². The Hall–Kier alpha value is -1.58. The minimum absolute atomic E-state index is 0.197. The first-order valence-corrected chi connectivity index (χ1v) is 5.52. The molecule has 0 unspecified atom stereocenters. The topological polar surface area (TPSA) is 62.0 Å². The zero-order chi connectivity index (χ0) is 12.2. The highest BCUT2D eigenvalue weighted by Gasteiger charge is 2.22. The number of hydrogen-bond acceptors (Lipinski definition) is 2. The molecule has 0 aliphatic carbocycles. The summed E-state index contributed by atoms with van der Waals surface area (Å²) in [5, 5.41) is 2.94. The molecule has 0 aromatic carbocycles. The first-order valence-electron chi connectivity index (χ1n) is 5.52. The molecule has 4 nitrogen and oxygen atoms in total. The van der Waals surface area contributed by atoms with Gasteiger partial charge in [0.2, 0.25) is 5.56 Å². The van der Waals surface area contributed by atoms with Crippen molar-refractivity contribution in [1.29, 1.82) is 0 Å². The quantitative estimate of drug-likeness (QED) is 0.814. The fourth-order valence-electron chi connectivity index (χ4n) is 1.36. The van der Waals surface area contributed by atoms with Crippen molar-refractivity contribution in [3.05, 3.63) is 34.2 Å². The van der Waals surface area contributed by atoms with Crippen LogP contribution in [-0.2, 0) is 0 Å². The second-order valence-corrected chi connectivity index (χ2v) is 4.16. The number of amides is 1. The molecule has 0 spiro atoms. The molecule has 0 fully saturated rings. The van der Waals surface area contributed by atoms with Gasteiger partial charge in [0.25, 0.3) is 5.91 Å². The molecule has 0 saturated heterocycles. The van der Waals surface area contributed by atoms with Crippen molar-refractivity contribution in [2.75, 3.05) is 0 Å². The van der Waals surface area contributed by atoms with Crippen LogP contribution in [0.2, 0.25) is 0 Å². The number of hydrogen-bond donors (Lipinski definition) is 2. The minimum atomic E-state index is -0.262. The molecule has 0 aliphatic heterocycles. The second kappa shape index (κ2) is 4.96. The largest absolute Gasteiger partial charge is 0.347 e. The summed E-state index contributed by atoms with van der Waals surface area (Å²) in [6, 6.07) is 2.91. The van der Waals surface area contributed by atoms with Crippen LogP contribution in [0.5, 0.6) is 0 Å². The molecular weight excluding hydrogens is 204 g/mol. The maximum absolute atomic E-state index is 11.9. The molecule has 0 bridgehead atoms. The summed E-state index contributed by atoms with van der Waals surface area (Å²) in [6.45, 7) is 6.06. The lowest BCUT2D eigenvalue weighted by atomic mass is 9.95. The highest BCUT2D eigenvalue weighted by molar-refractivity contribution is 5.94. The molecule has 0 aliphatic rings. The highest BCUT2D eigenvalue weighted by atomic mass is 16.2. The van der Waals surface area contributed by atoms with Crippen LogP contribution in [0.15, 0.2) is 23.1 Å². The van der Waals surface area contributed by atoms with Crippen molar-refractivity contribution >= 4 is 5.91 Å². The maximum atomic E-state index is 11.9. The van der Waals surface area contributed by atoms with E-state index in [1.807, 2.05) is 20.8 Å². The number of pyridine rings is 1. The van der Waals surface area contributed by atoms with Gasteiger partial charge in [0, 0.05) is 23.4 Å². The molecule has 1 rings (SSSR count). The average molecular weight is 222 g/mol. The Morgan fingerprint density at radius 2 is 2.06 bits per heavy atom. The lowest BCUT2D eigenvalue weighted by molar-refractivity contribution is 0.0901. The molecule has 1 heterocycles. The van der Waals surface area contributed by atoms with Gasteiger partial charge in [0.15, 0.2) is 0 Å². The van der Waals surface area contributed by atoms with Crippen molar-refractivity contribution in [2.24, 2.45) is 0 Å². The molecule has 1 aromatic rings. The summed E-state index contributed by atoms with van der Waals surface area (Å²) < 4.78 is 0. The van der Waals surface area contributed by atoms with E-state index < -0.39 is 0 Å². The third kappa shape index (κ3) is 2.95. The Kier molecular flexibility index (Phi) is 3.88. The summed E-state index contributed by atoms with van der Waals surface area (Å²) in [7, 11) is 0. The Balaban J connectivity index is 2.84. The molecule has 0 saturated carbocycles. The number of aromatic amines is 1. The number of rotatable bonds is 4. The van der Waals surface area contributed by atoms with Crippen LogP contribution in [0.25, 0.3) is 0 Å². The monoisotopic (exact) mass is 222 g/mol. The van der Waals surface area contributed by atoms with Crippen LogP contribution in [-0.4, -0.2) is 16.4 Å². The van der Waals surface area contributed by atoms with E-state index in [0.717, 1.165) is 12.8 Å². The van der Waals surface area contributed by atoms with Crippen LogP contribution < -0.4 is 10.9 Å². The Morgan fingerprint density at radius 3 is 2.56 bits per heavy atom. The minimum Gasteiger partial charge on any atom is -0.347 e. The zero-order valence-corrected chi connectivity index (χ0v) is 9.96. The van der Waals surface area contributed by atoms with E-state index in [2.05, 4.69) is 10.3 Å². The van der Waals surface area contributed by atoms with Crippen LogP contribution in [0.4, 0.5) is 0 Å². The molecule has 88 valence electrons. The lowest BCUT2D eigenvalue weighted by Crippen LogP contribution is -2.45. The Bertz CT molecular complexity index is 419. The number of nitrogens with one attached hydrogen (secondary N) is 2. The van der Waals surface area contributed by atoms with E-state index in [-0.39, 0.29) is 17.0 Å². The molecule has 4 heteroatoms. The van der Waals surface area contributed by atoms with E-state index in [4.69, 9.17) is 0 Å². The van der Waals surface area contributed by atoms with Crippen LogP contribution >= 0.6 is 0 Å². The second-order valence-electron chi connectivity index (χ2n) is 4.16. The van der Waals surface area contributed by atoms with Gasteiger partial charge in [-0.15, -0.1) is 0 Å². The molecular formula is C12H18N2O2. The molecule has 0 radical (unpaired) electrons. The SMILES string of the molecule is CCC(C)(CC)NC(=O)c1cc[nH]c(=O)c1. The maximum Gasteiger partial charge on any atom is 0.251 e. The number of aromatic nitrogens is 1. The summed E-state index contributed by atoms with van der Waals surface area (Å²) in [5.74, 6) is -0.197. The third-order valence-electron chi connectivity index (χ3n) is 3.01. The van der Waals surface area contributed by atoms with Crippen molar-refractivity contribution in [2.45, 2.75) is 39.2 Å². The van der Waals surface area contributed by atoms with Gasteiger partial charge >= 0.3 is 0 Å². The molecule has 0 atom stereocenters. The summed E-state index contributed by atoms with van der Waals surface area (Å²) in [4.78, 5) is 25.4. The van der Waals surface area contributed by atoms with E-state index in [1.165, 1.54) is 12.3 Å². The average Bonchev–Trinajstić information content (AvgIpc) is 2.29. The van der Waals surface area contributed by atoms with Gasteiger partial charge in [-0.3, -0.25) is 9.59 Å². The van der Waals surface area contributed by atoms with Gasteiger partial charge in [-0.25, -0.2) is 0 Å². The van der Waals surface area contributed by atoms with Gasteiger partial charge in [-0.1, -0.05) is 13.8 Å².